The van der Waals surface area contributed by atoms with Gasteiger partial charge in [-0.2, -0.15) is 0 Å². The van der Waals surface area contributed by atoms with E-state index in [2.05, 4.69) is 14.1 Å². The molecule has 2 aromatic carbocycles. The predicted molar refractivity (Wildman–Crippen MR) is 120 cm³/mol. The van der Waals surface area contributed by atoms with E-state index in [9.17, 15) is 14.7 Å². The zero-order valence-electron chi connectivity index (χ0n) is 18.9. The maximum Gasteiger partial charge on any atom is 0.295 e. The van der Waals surface area contributed by atoms with Crippen molar-refractivity contribution in [1.82, 2.24) is 4.90 Å². The van der Waals surface area contributed by atoms with Crippen LogP contribution in [0.4, 0.5) is 0 Å². The summed E-state index contributed by atoms with van der Waals surface area (Å²) in [6.45, 7) is 5.16. The normalized spacial score (nSPS) is 18.1. The Morgan fingerprint density at radius 3 is 2.35 bits per heavy atom. The number of likely N-dealkylation sites (tertiary alicyclic amines) is 1. The van der Waals surface area contributed by atoms with Gasteiger partial charge in [0.25, 0.3) is 11.7 Å². The molecule has 0 bridgehead atoms. The van der Waals surface area contributed by atoms with Crippen molar-refractivity contribution < 1.29 is 24.3 Å². The molecule has 6 heteroatoms. The second-order valence-electron chi connectivity index (χ2n) is 8.39. The summed E-state index contributed by atoms with van der Waals surface area (Å²) in [4.78, 5) is 28.9. The van der Waals surface area contributed by atoms with Gasteiger partial charge in [0, 0.05) is 18.5 Å². The van der Waals surface area contributed by atoms with Crippen LogP contribution >= 0.6 is 0 Å². The summed E-state index contributed by atoms with van der Waals surface area (Å²) < 4.78 is 5.25. The average Bonchev–Trinajstić information content (AvgIpc) is 2.98. The molecule has 0 aromatic heterocycles. The van der Waals surface area contributed by atoms with Crippen LogP contribution in [-0.2, 0) is 9.59 Å². The van der Waals surface area contributed by atoms with Gasteiger partial charge in [-0.15, -0.1) is 0 Å². The van der Waals surface area contributed by atoms with Gasteiger partial charge in [-0.3, -0.25) is 9.59 Å². The Hall–Kier alpha value is -3.12. The van der Waals surface area contributed by atoms with E-state index in [1.807, 2.05) is 38.1 Å². The number of hydrogen-bond acceptors (Lipinski definition) is 4. The number of carbonyl (C=O) groups excluding carboxylic acids is 2. The number of methoxy groups -OCH3 is 1. The van der Waals surface area contributed by atoms with E-state index in [1.54, 1.807) is 30.2 Å². The van der Waals surface area contributed by atoms with Crippen molar-refractivity contribution in [2.45, 2.75) is 26.3 Å². The Kier molecular flexibility index (Phi) is 6.81. The number of ketones is 1. The van der Waals surface area contributed by atoms with Crippen LogP contribution < -0.4 is 9.64 Å². The third-order valence-corrected chi connectivity index (χ3v) is 5.70. The van der Waals surface area contributed by atoms with Crippen molar-refractivity contribution in [3.8, 4) is 5.75 Å². The van der Waals surface area contributed by atoms with E-state index >= 15 is 0 Å². The molecule has 31 heavy (non-hydrogen) atoms. The number of rotatable bonds is 7. The van der Waals surface area contributed by atoms with Crippen LogP contribution in [0.1, 0.15) is 34.7 Å². The number of aryl methyl sites for hydroxylation is 2. The number of benzene rings is 2. The lowest BCUT2D eigenvalue weighted by molar-refractivity contribution is -0.858. The highest BCUT2D eigenvalue weighted by Crippen LogP contribution is 2.40. The molecule has 0 unspecified atom stereocenters. The standard InChI is InChI=1S/C25H30N2O4/c1-16-7-9-18(10-8-16)22-21(23(28)20-12-11-19(31-5)15-17(20)2)24(29)25(30)27(22)14-6-13-26(3)4/h7-12,15,22,28H,6,13-14H2,1-5H3/p+1/t22-/m1/s1. The Labute approximate surface area is 183 Å². The van der Waals surface area contributed by atoms with Gasteiger partial charge in [-0.25, -0.2) is 0 Å². The number of quaternary nitrogens is 1. The van der Waals surface area contributed by atoms with E-state index in [1.165, 1.54) is 4.90 Å². The molecule has 1 aliphatic rings. The van der Waals surface area contributed by atoms with Crippen molar-refractivity contribution in [1.29, 1.82) is 0 Å². The van der Waals surface area contributed by atoms with Gasteiger partial charge in [0.2, 0.25) is 0 Å². The molecular formula is C25H31N2O4+. The third-order valence-electron chi connectivity index (χ3n) is 5.70. The minimum atomic E-state index is -0.643. The van der Waals surface area contributed by atoms with Crippen molar-refractivity contribution in [3.05, 3.63) is 70.3 Å². The van der Waals surface area contributed by atoms with Gasteiger partial charge in [-0.05, 0) is 43.2 Å². The molecule has 164 valence electrons. The maximum absolute atomic E-state index is 13.1. The first-order chi connectivity index (χ1) is 14.7. The molecule has 0 aliphatic carbocycles. The molecule has 1 amide bonds. The van der Waals surface area contributed by atoms with Gasteiger partial charge in [0.05, 0.1) is 39.4 Å². The Morgan fingerprint density at radius 1 is 1.10 bits per heavy atom. The first-order valence-corrected chi connectivity index (χ1v) is 10.5. The van der Waals surface area contributed by atoms with E-state index in [-0.39, 0.29) is 11.3 Å². The number of aliphatic hydroxyl groups excluding tert-OH is 1. The van der Waals surface area contributed by atoms with Crippen molar-refractivity contribution in [3.63, 3.8) is 0 Å². The van der Waals surface area contributed by atoms with Crippen LogP contribution in [0.5, 0.6) is 5.75 Å². The summed E-state index contributed by atoms with van der Waals surface area (Å²) in [5, 5.41) is 11.2. The largest absolute Gasteiger partial charge is 0.507 e. The van der Waals surface area contributed by atoms with Crippen LogP contribution in [0, 0.1) is 13.8 Å². The molecule has 2 N–H and O–H groups in total. The summed E-state index contributed by atoms with van der Waals surface area (Å²) in [5.74, 6) is -0.692. The molecule has 1 aliphatic heterocycles. The third kappa shape index (κ3) is 4.64. The molecule has 0 saturated carbocycles. The van der Waals surface area contributed by atoms with E-state index in [0.29, 0.717) is 17.9 Å². The first-order valence-electron chi connectivity index (χ1n) is 10.5. The number of Topliss-reactive ketones (excluding diaryl/α,β-unsaturated/α-hetero) is 1. The van der Waals surface area contributed by atoms with E-state index < -0.39 is 17.7 Å². The summed E-state index contributed by atoms with van der Waals surface area (Å²) in [6.07, 6.45) is 0.763. The fourth-order valence-corrected chi connectivity index (χ4v) is 3.98. The minimum Gasteiger partial charge on any atom is -0.507 e. The molecule has 1 fully saturated rings. The predicted octanol–water partition coefficient (Wildman–Crippen LogP) is 2.27. The van der Waals surface area contributed by atoms with Crippen LogP contribution in [0.25, 0.3) is 5.76 Å². The zero-order valence-corrected chi connectivity index (χ0v) is 18.9. The fourth-order valence-electron chi connectivity index (χ4n) is 3.98. The highest BCUT2D eigenvalue weighted by atomic mass is 16.5. The fraction of sp³-hybridized carbons (Fsp3) is 0.360. The lowest BCUT2D eigenvalue weighted by Crippen LogP contribution is -3.05. The SMILES string of the molecule is COc1ccc(C(O)=C2C(=O)C(=O)N(CCC[NH+](C)C)[C@@H]2c2ccc(C)cc2)c(C)c1. The summed E-state index contributed by atoms with van der Waals surface area (Å²) in [6, 6.07) is 12.4. The summed E-state index contributed by atoms with van der Waals surface area (Å²) in [7, 11) is 5.68. The summed E-state index contributed by atoms with van der Waals surface area (Å²) >= 11 is 0. The van der Waals surface area contributed by atoms with Gasteiger partial charge in [-0.1, -0.05) is 29.8 Å². The molecule has 0 radical (unpaired) electrons. The number of carbonyl (C=O) groups is 2. The van der Waals surface area contributed by atoms with Gasteiger partial charge in [0.15, 0.2) is 0 Å². The van der Waals surface area contributed by atoms with Gasteiger partial charge in [0.1, 0.15) is 11.5 Å². The zero-order chi connectivity index (χ0) is 22.7. The molecule has 1 heterocycles. The number of aliphatic hydroxyl groups is 1. The quantitative estimate of drug-likeness (QED) is 0.407. The molecule has 0 spiro atoms. The maximum atomic E-state index is 13.1. The molecular weight excluding hydrogens is 392 g/mol. The smallest absolute Gasteiger partial charge is 0.295 e. The Balaban J connectivity index is 2.11. The topological polar surface area (TPSA) is 71.3 Å². The number of amides is 1. The average molecular weight is 424 g/mol. The van der Waals surface area contributed by atoms with Crippen LogP contribution in [0.2, 0.25) is 0 Å². The van der Waals surface area contributed by atoms with Gasteiger partial charge >= 0.3 is 0 Å². The minimum absolute atomic E-state index is 0.138. The molecule has 3 rings (SSSR count). The highest BCUT2D eigenvalue weighted by molar-refractivity contribution is 6.46. The number of hydrogen-bond donors (Lipinski definition) is 2. The molecule has 1 atom stereocenters. The van der Waals surface area contributed by atoms with E-state index in [0.717, 1.165) is 29.7 Å². The number of nitrogens with one attached hydrogen (secondary N) is 1. The monoisotopic (exact) mass is 423 g/mol. The molecule has 1 saturated heterocycles. The highest BCUT2D eigenvalue weighted by Gasteiger charge is 2.45. The lowest BCUT2D eigenvalue weighted by Gasteiger charge is -2.25. The first kappa shape index (κ1) is 22.6. The molecule has 6 nitrogen and oxygen atoms in total. The van der Waals surface area contributed by atoms with Crippen LogP contribution in [0.15, 0.2) is 48.0 Å². The van der Waals surface area contributed by atoms with Crippen molar-refractivity contribution in [2.24, 2.45) is 0 Å². The van der Waals surface area contributed by atoms with Crippen LogP contribution in [0.3, 0.4) is 0 Å². The van der Waals surface area contributed by atoms with Crippen LogP contribution in [-0.4, -0.2) is 56.0 Å². The second-order valence-corrected chi connectivity index (χ2v) is 8.39. The van der Waals surface area contributed by atoms with E-state index in [4.69, 9.17) is 4.74 Å². The molecule has 2 aromatic rings. The Morgan fingerprint density at radius 2 is 1.77 bits per heavy atom. The lowest BCUT2D eigenvalue weighted by atomic mass is 9.93. The second kappa shape index (κ2) is 9.35. The summed E-state index contributed by atoms with van der Waals surface area (Å²) in [5.41, 5.74) is 3.33. The number of nitrogens with zero attached hydrogens (tertiary/aromatic N) is 1. The van der Waals surface area contributed by atoms with Gasteiger partial charge < -0.3 is 19.6 Å². The number of ether oxygens (including phenoxy) is 1. The Bertz CT molecular complexity index is 1010. The van der Waals surface area contributed by atoms with Crippen molar-refractivity contribution >= 4 is 17.4 Å². The van der Waals surface area contributed by atoms with Crippen molar-refractivity contribution in [2.75, 3.05) is 34.3 Å².